The van der Waals surface area contributed by atoms with E-state index in [0.29, 0.717) is 17.2 Å². The zero-order chi connectivity index (χ0) is 13.9. The molecule has 0 saturated carbocycles. The molecule has 0 N–H and O–H groups in total. The third kappa shape index (κ3) is 2.78. The summed E-state index contributed by atoms with van der Waals surface area (Å²) in [6.07, 6.45) is 3.68. The number of carbonyl (C=O) groups excluding carboxylic acids is 1. The highest BCUT2D eigenvalue weighted by molar-refractivity contribution is 6.30. The third-order valence-electron chi connectivity index (χ3n) is 4.05. The van der Waals surface area contributed by atoms with E-state index in [1.165, 1.54) is 11.1 Å². The summed E-state index contributed by atoms with van der Waals surface area (Å²) >= 11 is 5.88. The van der Waals surface area contributed by atoms with Gasteiger partial charge < -0.3 is 0 Å². The van der Waals surface area contributed by atoms with Gasteiger partial charge in [-0.25, -0.2) is 0 Å². The van der Waals surface area contributed by atoms with Gasteiger partial charge in [-0.05, 0) is 48.1 Å². The van der Waals surface area contributed by atoms with Crippen molar-refractivity contribution in [3.05, 3.63) is 70.2 Å². The van der Waals surface area contributed by atoms with Gasteiger partial charge in [-0.15, -0.1) is 0 Å². The zero-order valence-electron chi connectivity index (χ0n) is 11.3. The second-order valence-electron chi connectivity index (χ2n) is 5.41. The van der Waals surface area contributed by atoms with Gasteiger partial charge in [0.25, 0.3) is 0 Å². The average Bonchev–Trinajstić information content (AvgIpc) is 2.49. The molecule has 0 fully saturated rings. The Morgan fingerprint density at radius 2 is 1.85 bits per heavy atom. The van der Waals surface area contributed by atoms with E-state index in [9.17, 15) is 4.79 Å². The van der Waals surface area contributed by atoms with Crippen LogP contribution >= 0.6 is 11.6 Å². The first-order valence-corrected chi connectivity index (χ1v) is 7.47. The molecule has 1 aliphatic rings. The summed E-state index contributed by atoms with van der Waals surface area (Å²) in [5.41, 5.74) is 3.62. The first kappa shape index (κ1) is 13.4. The third-order valence-corrected chi connectivity index (χ3v) is 4.30. The molecule has 0 aliphatic heterocycles. The molecule has 0 spiro atoms. The molecule has 2 heteroatoms. The summed E-state index contributed by atoms with van der Waals surface area (Å²) in [6, 6.07) is 15.9. The maximum atomic E-state index is 12.6. The lowest BCUT2D eigenvalue weighted by Gasteiger charge is -2.24. The number of carbonyl (C=O) groups is 1. The first-order valence-electron chi connectivity index (χ1n) is 7.09. The molecular formula is C18H17ClO. The Morgan fingerprint density at radius 3 is 2.65 bits per heavy atom. The van der Waals surface area contributed by atoms with Gasteiger partial charge in [0, 0.05) is 17.4 Å². The van der Waals surface area contributed by atoms with Gasteiger partial charge in [-0.1, -0.05) is 48.0 Å². The standard InChI is InChI=1S/C18H17ClO/c19-15-10-8-13(9-11-15)12-18(20)17-7-3-5-14-4-1-2-6-16(14)17/h1-2,4,6,8-11,17H,3,5,7,12H2. The molecule has 0 radical (unpaired) electrons. The van der Waals surface area contributed by atoms with Gasteiger partial charge in [-0.3, -0.25) is 4.79 Å². The van der Waals surface area contributed by atoms with Crippen LogP contribution in [0.5, 0.6) is 0 Å². The number of rotatable bonds is 3. The summed E-state index contributed by atoms with van der Waals surface area (Å²) in [6.45, 7) is 0. The molecular weight excluding hydrogens is 268 g/mol. The van der Waals surface area contributed by atoms with Crippen LogP contribution < -0.4 is 0 Å². The van der Waals surface area contributed by atoms with Crippen molar-refractivity contribution in [3.8, 4) is 0 Å². The summed E-state index contributed by atoms with van der Waals surface area (Å²) in [4.78, 5) is 12.6. The molecule has 0 bridgehead atoms. The molecule has 102 valence electrons. The average molecular weight is 285 g/mol. The predicted molar refractivity (Wildman–Crippen MR) is 82.3 cm³/mol. The van der Waals surface area contributed by atoms with Crippen molar-refractivity contribution in [2.24, 2.45) is 0 Å². The van der Waals surface area contributed by atoms with Crippen molar-refractivity contribution in [1.29, 1.82) is 0 Å². The van der Waals surface area contributed by atoms with Gasteiger partial charge in [0.15, 0.2) is 0 Å². The van der Waals surface area contributed by atoms with Crippen LogP contribution in [0, 0.1) is 0 Å². The molecule has 1 aliphatic carbocycles. The van der Waals surface area contributed by atoms with E-state index in [4.69, 9.17) is 11.6 Å². The lowest BCUT2D eigenvalue weighted by Crippen LogP contribution is -2.20. The predicted octanol–water partition coefficient (Wildman–Crippen LogP) is 4.57. The fourth-order valence-electron chi connectivity index (χ4n) is 3.02. The van der Waals surface area contributed by atoms with Crippen LogP contribution in [-0.2, 0) is 17.6 Å². The smallest absolute Gasteiger partial charge is 0.144 e. The summed E-state index contributed by atoms with van der Waals surface area (Å²) in [5.74, 6) is 0.384. The Kier molecular flexibility index (Phi) is 3.88. The molecule has 0 amide bonds. The van der Waals surface area contributed by atoms with Gasteiger partial charge in [-0.2, -0.15) is 0 Å². The van der Waals surface area contributed by atoms with Crippen LogP contribution in [-0.4, -0.2) is 5.78 Å². The number of fused-ring (bicyclic) bond motifs is 1. The van der Waals surface area contributed by atoms with E-state index in [1.807, 2.05) is 30.3 Å². The van der Waals surface area contributed by atoms with Crippen molar-refractivity contribution in [3.63, 3.8) is 0 Å². The Balaban J connectivity index is 1.80. The molecule has 1 nitrogen and oxygen atoms in total. The van der Waals surface area contributed by atoms with Crippen LogP contribution in [0.1, 0.15) is 35.4 Å². The molecule has 3 rings (SSSR count). The molecule has 2 aromatic rings. The lowest BCUT2D eigenvalue weighted by molar-refractivity contribution is -0.120. The van der Waals surface area contributed by atoms with E-state index in [2.05, 4.69) is 18.2 Å². The summed E-state index contributed by atoms with van der Waals surface area (Å²) in [5, 5.41) is 0.712. The van der Waals surface area contributed by atoms with Crippen LogP contribution in [0.15, 0.2) is 48.5 Å². The number of halogens is 1. The Hall–Kier alpha value is -1.60. The second-order valence-corrected chi connectivity index (χ2v) is 5.85. The molecule has 1 atom stereocenters. The van der Waals surface area contributed by atoms with Crippen LogP contribution in [0.3, 0.4) is 0 Å². The zero-order valence-corrected chi connectivity index (χ0v) is 12.1. The quantitative estimate of drug-likeness (QED) is 0.807. The van der Waals surface area contributed by atoms with Crippen molar-refractivity contribution in [2.75, 3.05) is 0 Å². The summed E-state index contributed by atoms with van der Waals surface area (Å²) < 4.78 is 0. The topological polar surface area (TPSA) is 17.1 Å². The number of aryl methyl sites for hydroxylation is 1. The highest BCUT2D eigenvalue weighted by Gasteiger charge is 2.25. The Labute approximate surface area is 124 Å². The highest BCUT2D eigenvalue weighted by atomic mass is 35.5. The molecule has 20 heavy (non-hydrogen) atoms. The fourth-order valence-corrected chi connectivity index (χ4v) is 3.14. The fraction of sp³-hybridized carbons (Fsp3) is 0.278. The van der Waals surface area contributed by atoms with Crippen molar-refractivity contribution < 1.29 is 4.79 Å². The van der Waals surface area contributed by atoms with E-state index in [-0.39, 0.29) is 5.92 Å². The first-order chi connectivity index (χ1) is 9.74. The normalized spacial score (nSPS) is 17.6. The van der Waals surface area contributed by atoms with E-state index in [0.717, 1.165) is 24.8 Å². The van der Waals surface area contributed by atoms with Crippen LogP contribution in [0.25, 0.3) is 0 Å². The van der Waals surface area contributed by atoms with Gasteiger partial charge in [0.1, 0.15) is 5.78 Å². The Bertz CT molecular complexity index is 616. The molecule has 2 aromatic carbocycles. The largest absolute Gasteiger partial charge is 0.299 e. The molecule has 0 saturated heterocycles. The van der Waals surface area contributed by atoms with E-state index >= 15 is 0 Å². The maximum Gasteiger partial charge on any atom is 0.144 e. The van der Waals surface area contributed by atoms with Crippen LogP contribution in [0.4, 0.5) is 0 Å². The SMILES string of the molecule is O=C(Cc1ccc(Cl)cc1)C1CCCc2ccccc21. The maximum absolute atomic E-state index is 12.6. The number of benzene rings is 2. The Morgan fingerprint density at radius 1 is 1.10 bits per heavy atom. The number of Topliss-reactive ketones (excluding diaryl/α,β-unsaturated/α-hetero) is 1. The lowest BCUT2D eigenvalue weighted by atomic mass is 9.79. The monoisotopic (exact) mass is 284 g/mol. The second kappa shape index (κ2) is 5.80. The van der Waals surface area contributed by atoms with Gasteiger partial charge in [0.05, 0.1) is 0 Å². The molecule has 0 heterocycles. The minimum Gasteiger partial charge on any atom is -0.299 e. The van der Waals surface area contributed by atoms with Gasteiger partial charge in [0.2, 0.25) is 0 Å². The minimum absolute atomic E-state index is 0.0654. The van der Waals surface area contributed by atoms with E-state index < -0.39 is 0 Å². The van der Waals surface area contributed by atoms with Crippen molar-refractivity contribution in [2.45, 2.75) is 31.6 Å². The van der Waals surface area contributed by atoms with E-state index in [1.54, 1.807) is 0 Å². The number of ketones is 1. The molecule has 0 aromatic heterocycles. The van der Waals surface area contributed by atoms with Crippen LogP contribution in [0.2, 0.25) is 5.02 Å². The number of hydrogen-bond donors (Lipinski definition) is 0. The molecule has 1 unspecified atom stereocenters. The highest BCUT2D eigenvalue weighted by Crippen LogP contribution is 2.32. The van der Waals surface area contributed by atoms with Crippen molar-refractivity contribution >= 4 is 17.4 Å². The summed E-state index contributed by atoms with van der Waals surface area (Å²) in [7, 11) is 0. The van der Waals surface area contributed by atoms with Gasteiger partial charge >= 0.3 is 0 Å². The van der Waals surface area contributed by atoms with Crippen molar-refractivity contribution in [1.82, 2.24) is 0 Å². The minimum atomic E-state index is 0.0654. The number of hydrogen-bond acceptors (Lipinski definition) is 1.